The van der Waals surface area contributed by atoms with Crippen molar-refractivity contribution < 1.29 is 9.66 Å². The Morgan fingerprint density at radius 3 is 2.66 bits per heavy atom. The number of nitrogens with zero attached hydrogens (tertiary/aromatic N) is 4. The summed E-state index contributed by atoms with van der Waals surface area (Å²) >= 11 is 9.66. The third-order valence-corrected chi connectivity index (χ3v) is 5.58. The van der Waals surface area contributed by atoms with E-state index in [1.54, 1.807) is 19.1 Å². The summed E-state index contributed by atoms with van der Waals surface area (Å²) in [5.41, 5.74) is 0.317. The summed E-state index contributed by atoms with van der Waals surface area (Å²) in [5, 5.41) is 16.4. The van der Waals surface area contributed by atoms with Gasteiger partial charge in [0.1, 0.15) is 5.82 Å². The fourth-order valence-electron chi connectivity index (χ4n) is 2.99. The molecule has 8 nitrogen and oxygen atoms in total. The maximum Gasteiger partial charge on any atom is 0.313 e. The van der Waals surface area contributed by atoms with Gasteiger partial charge in [0.2, 0.25) is 5.75 Å². The average molecular weight is 522 g/mol. The van der Waals surface area contributed by atoms with Crippen LogP contribution in [0.2, 0.25) is 5.02 Å². The van der Waals surface area contributed by atoms with E-state index in [0.29, 0.717) is 28.7 Å². The van der Waals surface area contributed by atoms with Gasteiger partial charge in [-0.15, -0.1) is 0 Å². The van der Waals surface area contributed by atoms with Crippen LogP contribution < -0.4 is 10.3 Å². The van der Waals surface area contributed by atoms with Crippen LogP contribution in [0.5, 0.6) is 5.75 Å². The monoisotopic (exact) mass is 520 g/mol. The smallest absolute Gasteiger partial charge is 0.313 e. The molecule has 0 saturated carbocycles. The van der Waals surface area contributed by atoms with Crippen LogP contribution in [0.3, 0.4) is 0 Å². The fourth-order valence-corrected chi connectivity index (χ4v) is 3.61. The number of hydrogen-bond donors (Lipinski definition) is 0. The van der Waals surface area contributed by atoms with E-state index in [-0.39, 0.29) is 34.0 Å². The first kappa shape index (κ1) is 23.9. The minimum Gasteiger partial charge on any atom is -0.483 e. The molecule has 1 aromatic heterocycles. The first-order chi connectivity index (χ1) is 15.1. The van der Waals surface area contributed by atoms with Crippen LogP contribution in [-0.4, -0.2) is 26.9 Å². The molecule has 1 atom stereocenters. The molecule has 0 amide bonds. The molecule has 1 heterocycles. The molecule has 0 aliphatic rings. The van der Waals surface area contributed by atoms with E-state index in [1.807, 2.05) is 26.8 Å². The lowest BCUT2D eigenvalue weighted by molar-refractivity contribution is -0.386. The normalized spacial score (nSPS) is 12.6. The quantitative estimate of drug-likeness (QED) is 0.219. The Morgan fingerprint density at radius 1 is 1.31 bits per heavy atom. The van der Waals surface area contributed by atoms with Gasteiger partial charge in [0.25, 0.3) is 5.56 Å². The molecule has 0 bridgehead atoms. The van der Waals surface area contributed by atoms with Gasteiger partial charge < -0.3 is 4.74 Å². The van der Waals surface area contributed by atoms with Gasteiger partial charge in [-0.2, -0.15) is 9.78 Å². The lowest BCUT2D eigenvalue weighted by Crippen LogP contribution is -2.23. The number of nitro benzene ring substituents is 1. The van der Waals surface area contributed by atoms with Crippen molar-refractivity contribution in [3.63, 3.8) is 0 Å². The lowest BCUT2D eigenvalue weighted by Gasteiger charge is -2.14. The maximum absolute atomic E-state index is 13.1. The topological polar surface area (TPSA) is 99.6 Å². The summed E-state index contributed by atoms with van der Waals surface area (Å²) in [6.45, 7) is 7.52. The average Bonchev–Trinajstić information content (AvgIpc) is 2.74. The first-order valence-electron chi connectivity index (χ1n) is 10.0. The van der Waals surface area contributed by atoms with Gasteiger partial charge in [-0.3, -0.25) is 14.9 Å². The van der Waals surface area contributed by atoms with E-state index < -0.39 is 4.92 Å². The standard InChI is InChI=1S/C22H22BrClN4O4/c1-5-13(4)32-20-17(24)8-14(9-19(20)28(30)31)11-25-27-21(12(2)3)26-18-7-6-15(23)10-16(18)22(27)29/h6-13H,5H2,1-4H3/t13-/m0/s1. The third-order valence-electron chi connectivity index (χ3n) is 4.81. The minimum absolute atomic E-state index is 0.0143. The van der Waals surface area contributed by atoms with E-state index in [2.05, 4.69) is 26.0 Å². The molecule has 0 spiro atoms. The van der Waals surface area contributed by atoms with Crippen LogP contribution in [0.15, 0.2) is 44.7 Å². The molecule has 0 N–H and O–H groups in total. The van der Waals surface area contributed by atoms with Crippen LogP contribution in [-0.2, 0) is 0 Å². The molecule has 168 valence electrons. The maximum atomic E-state index is 13.1. The second kappa shape index (κ2) is 9.79. The number of aromatic nitrogens is 2. The Balaban J connectivity index is 2.13. The second-order valence-electron chi connectivity index (χ2n) is 7.59. The van der Waals surface area contributed by atoms with Gasteiger partial charge in [-0.1, -0.05) is 48.3 Å². The van der Waals surface area contributed by atoms with Crippen molar-refractivity contribution >= 4 is 50.3 Å². The predicted octanol–water partition coefficient (Wildman–Crippen LogP) is 5.90. The number of halogens is 2. The summed E-state index contributed by atoms with van der Waals surface area (Å²) in [6, 6.07) is 8.10. The van der Waals surface area contributed by atoms with Gasteiger partial charge in [-0.25, -0.2) is 4.98 Å². The van der Waals surface area contributed by atoms with Crippen molar-refractivity contribution in [3.8, 4) is 5.75 Å². The van der Waals surface area contributed by atoms with Crippen LogP contribution in [0.1, 0.15) is 51.4 Å². The number of hydrogen-bond acceptors (Lipinski definition) is 6. The number of ether oxygens (including phenoxy) is 1. The molecule has 0 aliphatic carbocycles. The van der Waals surface area contributed by atoms with E-state index in [1.165, 1.54) is 23.0 Å². The highest BCUT2D eigenvalue weighted by molar-refractivity contribution is 9.10. The van der Waals surface area contributed by atoms with E-state index in [0.717, 1.165) is 4.47 Å². The lowest BCUT2D eigenvalue weighted by atomic mass is 10.2. The highest BCUT2D eigenvalue weighted by atomic mass is 79.9. The fraction of sp³-hybridized carbons (Fsp3) is 0.318. The Hall–Kier alpha value is -2.78. The van der Waals surface area contributed by atoms with Crippen molar-refractivity contribution in [2.24, 2.45) is 5.10 Å². The molecule has 10 heteroatoms. The van der Waals surface area contributed by atoms with Crippen molar-refractivity contribution in [2.45, 2.75) is 46.1 Å². The second-order valence-corrected chi connectivity index (χ2v) is 8.92. The Labute approximate surface area is 198 Å². The molecule has 0 radical (unpaired) electrons. The molecular formula is C22H22BrClN4O4. The van der Waals surface area contributed by atoms with Crippen molar-refractivity contribution in [2.75, 3.05) is 0 Å². The summed E-state index contributed by atoms with van der Waals surface area (Å²) in [5.74, 6) is 0.399. The molecular weight excluding hydrogens is 500 g/mol. The zero-order valence-electron chi connectivity index (χ0n) is 18.0. The number of rotatable bonds is 7. The summed E-state index contributed by atoms with van der Waals surface area (Å²) in [7, 11) is 0. The molecule has 3 aromatic rings. The number of nitro groups is 1. The summed E-state index contributed by atoms with van der Waals surface area (Å²) in [6.07, 6.45) is 1.79. The summed E-state index contributed by atoms with van der Waals surface area (Å²) < 4.78 is 7.60. The first-order valence-corrected chi connectivity index (χ1v) is 11.2. The predicted molar refractivity (Wildman–Crippen MR) is 129 cm³/mol. The molecule has 0 unspecified atom stereocenters. The molecule has 3 rings (SSSR count). The van der Waals surface area contributed by atoms with Crippen molar-refractivity contribution in [1.29, 1.82) is 0 Å². The van der Waals surface area contributed by atoms with Crippen LogP contribution >= 0.6 is 27.5 Å². The SMILES string of the molecule is CC[C@H](C)Oc1c(Cl)cc(C=Nn2c(C(C)C)nc3ccc(Br)cc3c2=O)cc1[N+](=O)[O-]. The van der Waals surface area contributed by atoms with Crippen molar-refractivity contribution in [1.82, 2.24) is 9.66 Å². The molecule has 0 aliphatic heterocycles. The van der Waals surface area contributed by atoms with Gasteiger partial charge in [0.05, 0.1) is 33.2 Å². The van der Waals surface area contributed by atoms with Gasteiger partial charge in [0.15, 0.2) is 0 Å². The molecule has 32 heavy (non-hydrogen) atoms. The highest BCUT2D eigenvalue weighted by Crippen LogP contribution is 2.36. The van der Waals surface area contributed by atoms with E-state index >= 15 is 0 Å². The van der Waals surface area contributed by atoms with Gasteiger partial charge in [0, 0.05) is 22.0 Å². The van der Waals surface area contributed by atoms with E-state index in [4.69, 9.17) is 16.3 Å². The van der Waals surface area contributed by atoms with Crippen molar-refractivity contribution in [3.05, 3.63) is 71.7 Å². The summed E-state index contributed by atoms with van der Waals surface area (Å²) in [4.78, 5) is 28.7. The zero-order valence-corrected chi connectivity index (χ0v) is 20.3. The minimum atomic E-state index is -0.554. The zero-order chi connectivity index (χ0) is 23.6. The third kappa shape index (κ3) is 4.99. The number of benzene rings is 2. The van der Waals surface area contributed by atoms with Gasteiger partial charge >= 0.3 is 5.69 Å². The van der Waals surface area contributed by atoms with Crippen LogP contribution in [0, 0.1) is 10.1 Å². The van der Waals surface area contributed by atoms with E-state index in [9.17, 15) is 14.9 Å². The van der Waals surface area contributed by atoms with Crippen LogP contribution in [0.25, 0.3) is 10.9 Å². The number of fused-ring (bicyclic) bond motifs is 1. The molecule has 0 saturated heterocycles. The molecule has 2 aromatic carbocycles. The molecule has 0 fully saturated rings. The highest BCUT2D eigenvalue weighted by Gasteiger charge is 2.22. The Bertz CT molecular complexity index is 1270. The largest absolute Gasteiger partial charge is 0.483 e. The van der Waals surface area contributed by atoms with Gasteiger partial charge in [-0.05, 0) is 37.6 Å². The Morgan fingerprint density at radius 2 is 2.03 bits per heavy atom. The Kier molecular flexibility index (Phi) is 7.30. The van der Waals surface area contributed by atoms with Crippen LogP contribution in [0.4, 0.5) is 5.69 Å².